The van der Waals surface area contributed by atoms with Crippen LogP contribution in [-0.4, -0.2) is 36.5 Å². The normalized spacial score (nSPS) is 37.9. The zero-order chi connectivity index (χ0) is 13.9. The molecule has 4 nitrogen and oxygen atoms in total. The SMILES string of the molecule is N#CC1CNCCN1C(=O)C1CCC2CCCCC2C1. The summed E-state index contributed by atoms with van der Waals surface area (Å²) in [6.45, 7) is 2.14. The van der Waals surface area contributed by atoms with E-state index in [1.54, 1.807) is 0 Å². The smallest absolute Gasteiger partial charge is 0.226 e. The van der Waals surface area contributed by atoms with Gasteiger partial charge >= 0.3 is 0 Å². The molecule has 1 amide bonds. The van der Waals surface area contributed by atoms with E-state index in [1.165, 1.54) is 32.1 Å². The van der Waals surface area contributed by atoms with Crippen LogP contribution < -0.4 is 5.32 Å². The highest BCUT2D eigenvalue weighted by molar-refractivity contribution is 5.79. The maximum absolute atomic E-state index is 12.7. The molecule has 3 fully saturated rings. The number of hydrogen-bond donors (Lipinski definition) is 1. The van der Waals surface area contributed by atoms with Gasteiger partial charge in [-0.25, -0.2) is 0 Å². The molecular weight excluding hydrogens is 250 g/mol. The molecule has 1 saturated heterocycles. The molecule has 0 radical (unpaired) electrons. The standard InChI is InChI=1S/C16H25N3O/c17-10-15-11-18-7-8-19(15)16(20)14-6-5-12-3-1-2-4-13(12)9-14/h12-15,18H,1-9,11H2. The van der Waals surface area contributed by atoms with Gasteiger partial charge in [0.2, 0.25) is 5.91 Å². The van der Waals surface area contributed by atoms with Crippen LogP contribution in [0.25, 0.3) is 0 Å². The number of nitriles is 1. The van der Waals surface area contributed by atoms with Crippen LogP contribution in [0, 0.1) is 29.1 Å². The van der Waals surface area contributed by atoms with Crippen LogP contribution in [0.5, 0.6) is 0 Å². The first-order valence-corrected chi connectivity index (χ1v) is 8.20. The first-order chi connectivity index (χ1) is 9.79. The van der Waals surface area contributed by atoms with Crippen LogP contribution in [0.3, 0.4) is 0 Å². The number of carbonyl (C=O) groups excluding carboxylic acids is 1. The Kier molecular flexibility index (Phi) is 4.26. The van der Waals surface area contributed by atoms with Crippen LogP contribution >= 0.6 is 0 Å². The van der Waals surface area contributed by atoms with E-state index in [2.05, 4.69) is 11.4 Å². The number of piperazine rings is 1. The zero-order valence-electron chi connectivity index (χ0n) is 12.2. The molecule has 4 heteroatoms. The molecule has 2 aliphatic carbocycles. The van der Waals surface area contributed by atoms with Crippen molar-refractivity contribution in [2.45, 2.75) is 51.0 Å². The molecule has 3 rings (SSSR count). The largest absolute Gasteiger partial charge is 0.324 e. The van der Waals surface area contributed by atoms with E-state index in [4.69, 9.17) is 0 Å². The molecule has 0 aromatic carbocycles. The van der Waals surface area contributed by atoms with Gasteiger partial charge in [0.1, 0.15) is 6.04 Å². The van der Waals surface area contributed by atoms with Gasteiger partial charge in [0.05, 0.1) is 6.07 Å². The minimum atomic E-state index is -0.264. The number of rotatable bonds is 1. The molecular formula is C16H25N3O. The minimum Gasteiger partial charge on any atom is -0.324 e. The minimum absolute atomic E-state index is 0.184. The summed E-state index contributed by atoms with van der Waals surface area (Å²) in [5.74, 6) is 2.09. The number of nitrogens with zero attached hydrogens (tertiary/aromatic N) is 2. The average Bonchev–Trinajstić information content (AvgIpc) is 2.53. The van der Waals surface area contributed by atoms with Crippen LogP contribution in [0.2, 0.25) is 0 Å². The number of nitrogens with one attached hydrogen (secondary N) is 1. The van der Waals surface area contributed by atoms with Crippen molar-refractivity contribution in [3.05, 3.63) is 0 Å². The van der Waals surface area contributed by atoms with E-state index >= 15 is 0 Å². The Morgan fingerprint density at radius 1 is 1.15 bits per heavy atom. The maximum Gasteiger partial charge on any atom is 0.226 e. The van der Waals surface area contributed by atoms with Crippen LogP contribution in [0.1, 0.15) is 44.9 Å². The van der Waals surface area contributed by atoms with Crippen molar-refractivity contribution in [3.63, 3.8) is 0 Å². The second-order valence-electron chi connectivity index (χ2n) is 6.70. The molecule has 1 N–H and O–H groups in total. The summed E-state index contributed by atoms with van der Waals surface area (Å²) < 4.78 is 0. The summed E-state index contributed by atoms with van der Waals surface area (Å²) in [4.78, 5) is 14.6. The fraction of sp³-hybridized carbons (Fsp3) is 0.875. The van der Waals surface area contributed by atoms with E-state index < -0.39 is 0 Å². The van der Waals surface area contributed by atoms with Gasteiger partial charge in [0.15, 0.2) is 0 Å². The summed E-state index contributed by atoms with van der Waals surface area (Å²) in [5, 5.41) is 12.4. The molecule has 20 heavy (non-hydrogen) atoms. The molecule has 110 valence electrons. The Hall–Kier alpha value is -1.08. The summed E-state index contributed by atoms with van der Waals surface area (Å²) in [5.41, 5.74) is 0. The lowest BCUT2D eigenvalue weighted by Gasteiger charge is -2.41. The van der Waals surface area contributed by atoms with Gasteiger partial charge in [-0.05, 0) is 31.1 Å². The Morgan fingerprint density at radius 3 is 2.75 bits per heavy atom. The third kappa shape index (κ3) is 2.69. The van der Waals surface area contributed by atoms with Crippen molar-refractivity contribution in [2.75, 3.05) is 19.6 Å². The predicted molar refractivity (Wildman–Crippen MR) is 76.8 cm³/mol. The summed E-state index contributed by atoms with van der Waals surface area (Å²) >= 11 is 0. The fourth-order valence-corrected chi connectivity index (χ4v) is 4.42. The highest BCUT2D eigenvalue weighted by Crippen LogP contribution is 2.43. The molecule has 1 aliphatic heterocycles. The van der Waals surface area contributed by atoms with Gasteiger partial charge in [-0.1, -0.05) is 25.7 Å². The lowest BCUT2D eigenvalue weighted by Crippen LogP contribution is -2.55. The third-order valence-electron chi connectivity index (χ3n) is 5.56. The van der Waals surface area contributed by atoms with Gasteiger partial charge in [-0.3, -0.25) is 4.79 Å². The monoisotopic (exact) mass is 275 g/mol. The van der Waals surface area contributed by atoms with E-state index in [0.29, 0.717) is 13.1 Å². The zero-order valence-corrected chi connectivity index (χ0v) is 12.2. The van der Waals surface area contributed by atoms with Gasteiger partial charge in [0, 0.05) is 25.6 Å². The fourth-order valence-electron chi connectivity index (χ4n) is 4.42. The second-order valence-corrected chi connectivity index (χ2v) is 6.70. The highest BCUT2D eigenvalue weighted by Gasteiger charge is 2.38. The summed E-state index contributed by atoms with van der Waals surface area (Å²) in [6.07, 6.45) is 8.76. The van der Waals surface area contributed by atoms with E-state index in [9.17, 15) is 10.1 Å². The molecule has 0 spiro atoms. The van der Waals surface area contributed by atoms with Crippen LogP contribution in [-0.2, 0) is 4.79 Å². The average molecular weight is 275 g/mol. The summed E-state index contributed by atoms with van der Waals surface area (Å²) in [7, 11) is 0. The topological polar surface area (TPSA) is 56.1 Å². The van der Waals surface area contributed by atoms with Gasteiger partial charge < -0.3 is 10.2 Å². The van der Waals surface area contributed by atoms with E-state index in [0.717, 1.165) is 31.2 Å². The van der Waals surface area contributed by atoms with Crippen molar-refractivity contribution in [2.24, 2.45) is 17.8 Å². The molecule has 4 unspecified atom stereocenters. The third-order valence-corrected chi connectivity index (χ3v) is 5.56. The highest BCUT2D eigenvalue weighted by atomic mass is 16.2. The molecule has 1 heterocycles. The van der Waals surface area contributed by atoms with Crippen molar-refractivity contribution in [3.8, 4) is 6.07 Å². The van der Waals surface area contributed by atoms with Gasteiger partial charge in [0.25, 0.3) is 0 Å². The first-order valence-electron chi connectivity index (χ1n) is 8.20. The van der Waals surface area contributed by atoms with E-state index in [1.807, 2.05) is 4.90 Å². The number of amides is 1. The number of hydrogen-bond acceptors (Lipinski definition) is 3. The molecule has 0 aromatic rings. The van der Waals surface area contributed by atoms with Crippen molar-refractivity contribution in [1.29, 1.82) is 5.26 Å². The molecule has 2 saturated carbocycles. The second kappa shape index (κ2) is 6.13. The molecule has 3 aliphatic rings. The lowest BCUT2D eigenvalue weighted by molar-refractivity contribution is -0.140. The Morgan fingerprint density at radius 2 is 1.95 bits per heavy atom. The predicted octanol–water partition coefficient (Wildman–Crippen LogP) is 1.92. The van der Waals surface area contributed by atoms with Gasteiger partial charge in [-0.2, -0.15) is 5.26 Å². The maximum atomic E-state index is 12.7. The van der Waals surface area contributed by atoms with Gasteiger partial charge in [-0.15, -0.1) is 0 Å². The molecule has 0 aromatic heterocycles. The summed E-state index contributed by atoms with van der Waals surface area (Å²) in [6, 6.07) is 2.01. The Labute approximate surface area is 121 Å². The van der Waals surface area contributed by atoms with E-state index in [-0.39, 0.29) is 17.9 Å². The quantitative estimate of drug-likeness (QED) is 0.795. The van der Waals surface area contributed by atoms with Crippen molar-refractivity contribution < 1.29 is 4.79 Å². The first kappa shape index (κ1) is 13.9. The Bertz CT molecular complexity index is 403. The molecule has 0 bridgehead atoms. The van der Waals surface area contributed by atoms with Crippen LogP contribution in [0.4, 0.5) is 0 Å². The number of fused-ring (bicyclic) bond motifs is 1. The molecule has 4 atom stereocenters. The van der Waals surface area contributed by atoms with Crippen molar-refractivity contribution >= 4 is 5.91 Å². The number of carbonyl (C=O) groups is 1. The van der Waals surface area contributed by atoms with Crippen molar-refractivity contribution in [1.82, 2.24) is 10.2 Å². The Balaban J connectivity index is 1.63. The van der Waals surface area contributed by atoms with Crippen LogP contribution in [0.15, 0.2) is 0 Å². The lowest BCUT2D eigenvalue weighted by atomic mass is 9.67.